The third-order valence-corrected chi connectivity index (χ3v) is 10.1. The lowest BCUT2D eigenvalue weighted by molar-refractivity contribution is -0.132. The predicted octanol–water partition coefficient (Wildman–Crippen LogP) is 5.44. The molecule has 0 aromatic heterocycles. The molecule has 1 N–H and O–H groups in total. The van der Waals surface area contributed by atoms with E-state index in [1.807, 2.05) is 56.0 Å². The van der Waals surface area contributed by atoms with E-state index in [2.05, 4.69) is 17.4 Å². The number of benzene rings is 2. The number of carbonyl (C=O) groups excluding carboxylic acids is 4. The molecule has 6 rings (SSSR count). The van der Waals surface area contributed by atoms with Crippen molar-refractivity contribution in [1.82, 2.24) is 10.2 Å². The van der Waals surface area contributed by atoms with E-state index in [-0.39, 0.29) is 49.3 Å². The fraction of sp³-hybridized carbons (Fsp3) is 0.590. The Balaban J connectivity index is 1.24. The van der Waals surface area contributed by atoms with E-state index >= 15 is 0 Å². The normalized spacial score (nSPS) is 22.8. The first-order chi connectivity index (χ1) is 23.8. The van der Waals surface area contributed by atoms with Crippen LogP contribution in [0.15, 0.2) is 42.5 Å². The van der Waals surface area contributed by atoms with Gasteiger partial charge in [-0.1, -0.05) is 24.3 Å². The summed E-state index contributed by atoms with van der Waals surface area (Å²) in [6.07, 6.45) is 4.05. The van der Waals surface area contributed by atoms with Crippen LogP contribution in [0.3, 0.4) is 0 Å². The highest BCUT2D eigenvalue weighted by Crippen LogP contribution is 2.43. The summed E-state index contributed by atoms with van der Waals surface area (Å²) < 4.78 is 17.1. The fourth-order valence-corrected chi connectivity index (χ4v) is 7.47. The summed E-state index contributed by atoms with van der Waals surface area (Å²) >= 11 is 0. The number of nitrogens with zero attached hydrogens (tertiary/aromatic N) is 3. The van der Waals surface area contributed by atoms with Crippen LogP contribution in [0, 0.1) is 11.8 Å². The Hall–Kier alpha value is -3.96. The molecule has 4 aliphatic rings. The van der Waals surface area contributed by atoms with Crippen LogP contribution in [0.25, 0.3) is 0 Å². The largest absolute Gasteiger partial charge is 0.476 e. The molecule has 3 atom stereocenters. The number of anilines is 2. The predicted molar refractivity (Wildman–Crippen MR) is 190 cm³/mol. The Kier molecular flexibility index (Phi) is 10.3. The van der Waals surface area contributed by atoms with Crippen molar-refractivity contribution in [1.29, 1.82) is 0 Å². The summed E-state index contributed by atoms with van der Waals surface area (Å²) in [5, 5.41) is 3.47. The summed E-state index contributed by atoms with van der Waals surface area (Å²) in [5.41, 5.74) is 2.06. The third kappa shape index (κ3) is 7.84. The van der Waals surface area contributed by atoms with Gasteiger partial charge in [-0.05, 0) is 102 Å². The van der Waals surface area contributed by atoms with Gasteiger partial charge in [-0.25, -0.2) is 4.79 Å². The molecule has 0 unspecified atom stereocenters. The molecule has 0 radical (unpaired) electrons. The zero-order valence-electron chi connectivity index (χ0n) is 30.3. The number of ether oxygens (including phenoxy) is 3. The van der Waals surface area contributed by atoms with Crippen LogP contribution in [0.4, 0.5) is 16.2 Å². The molecule has 11 heteroatoms. The Morgan fingerprint density at radius 1 is 1.04 bits per heavy atom. The fourth-order valence-electron chi connectivity index (χ4n) is 7.47. The molecule has 2 aromatic rings. The number of fused-ring (bicyclic) bond motifs is 2. The molecule has 0 spiro atoms. The Bertz CT molecular complexity index is 1610. The van der Waals surface area contributed by atoms with E-state index < -0.39 is 29.1 Å². The number of aryl methyl sites for hydroxylation is 1. The maximum Gasteiger partial charge on any atom is 0.410 e. The average Bonchev–Trinajstić information content (AvgIpc) is 3.82. The molecule has 1 saturated heterocycles. The highest BCUT2D eigenvalue weighted by atomic mass is 16.6. The minimum atomic E-state index is -1.03. The average molecular weight is 689 g/mol. The number of nitrogens with one attached hydrogen (secondary N) is 1. The molecular weight excluding hydrogens is 636 g/mol. The number of likely N-dealkylation sites (tertiary alicyclic amines) is 1. The van der Waals surface area contributed by atoms with E-state index in [1.54, 1.807) is 25.9 Å². The maximum absolute atomic E-state index is 14.6. The Labute approximate surface area is 295 Å². The van der Waals surface area contributed by atoms with Gasteiger partial charge in [0.05, 0.1) is 18.2 Å². The van der Waals surface area contributed by atoms with Crippen molar-refractivity contribution < 1.29 is 33.4 Å². The summed E-state index contributed by atoms with van der Waals surface area (Å²) in [6, 6.07) is 14.0. The highest BCUT2D eigenvalue weighted by Gasteiger charge is 2.45. The number of methoxy groups -OCH3 is 1. The minimum Gasteiger partial charge on any atom is -0.476 e. The van der Waals surface area contributed by atoms with Crippen LogP contribution in [0.2, 0.25) is 0 Å². The number of ketones is 1. The van der Waals surface area contributed by atoms with Crippen LogP contribution in [0.1, 0.15) is 83.9 Å². The molecule has 2 aliphatic carbocycles. The zero-order chi connectivity index (χ0) is 35.8. The Morgan fingerprint density at radius 3 is 2.50 bits per heavy atom. The third-order valence-electron chi connectivity index (χ3n) is 10.1. The van der Waals surface area contributed by atoms with Crippen molar-refractivity contribution in [3.8, 4) is 5.75 Å². The van der Waals surface area contributed by atoms with Gasteiger partial charge in [0.2, 0.25) is 5.91 Å². The lowest BCUT2D eigenvalue weighted by Gasteiger charge is -2.40. The molecule has 2 aromatic carbocycles. The van der Waals surface area contributed by atoms with E-state index in [0.29, 0.717) is 43.1 Å². The standard InChI is InChI=1S/C39H52N4O7/c1-38(2,3)50-37(47)41-23-26(33(44)22-40-31-16-12-25-10-7-8-11-30(25)31)20-27(24-41)35(45)43(28-13-14-28)29-15-17-34-32(21-29)42(18-9-19-48-6)36(46)39(4,5)49-34/h7-8,10-11,15,17,21,26-28,31,40H,9,12-14,16,18-20,22-24H2,1-6H3/t26-,27+,31-/m0/s1. The van der Waals surface area contributed by atoms with Crippen LogP contribution >= 0.6 is 0 Å². The molecule has 2 heterocycles. The van der Waals surface area contributed by atoms with E-state index in [4.69, 9.17) is 14.2 Å². The molecule has 0 bridgehead atoms. The van der Waals surface area contributed by atoms with E-state index in [0.717, 1.165) is 25.7 Å². The van der Waals surface area contributed by atoms with Gasteiger partial charge in [0.15, 0.2) is 11.4 Å². The zero-order valence-corrected chi connectivity index (χ0v) is 30.3. The second-order valence-corrected chi connectivity index (χ2v) is 15.7. The topological polar surface area (TPSA) is 118 Å². The number of hydrogen-bond acceptors (Lipinski definition) is 8. The van der Waals surface area contributed by atoms with Crippen molar-refractivity contribution in [2.75, 3.05) is 49.7 Å². The molecule has 2 fully saturated rings. The van der Waals surface area contributed by atoms with Gasteiger partial charge in [-0.3, -0.25) is 14.4 Å². The number of piperidine rings is 1. The molecule has 11 nitrogen and oxygen atoms in total. The van der Waals surface area contributed by atoms with Gasteiger partial charge in [-0.15, -0.1) is 0 Å². The smallest absolute Gasteiger partial charge is 0.410 e. The van der Waals surface area contributed by atoms with Crippen LogP contribution in [-0.2, 0) is 30.3 Å². The van der Waals surface area contributed by atoms with Gasteiger partial charge in [0.1, 0.15) is 11.4 Å². The first-order valence-electron chi connectivity index (χ1n) is 18.0. The highest BCUT2D eigenvalue weighted by molar-refractivity contribution is 6.04. The minimum absolute atomic E-state index is 0.00528. The first-order valence-corrected chi connectivity index (χ1v) is 18.0. The van der Waals surface area contributed by atoms with Gasteiger partial charge in [0.25, 0.3) is 5.91 Å². The van der Waals surface area contributed by atoms with Crippen molar-refractivity contribution in [3.63, 3.8) is 0 Å². The molecule has 270 valence electrons. The summed E-state index contributed by atoms with van der Waals surface area (Å²) in [7, 11) is 1.63. The van der Waals surface area contributed by atoms with Crippen LogP contribution in [-0.4, -0.2) is 85.7 Å². The number of rotatable bonds is 11. The summed E-state index contributed by atoms with van der Waals surface area (Å²) in [4.78, 5) is 60.5. The summed E-state index contributed by atoms with van der Waals surface area (Å²) in [5.74, 6) is -0.857. The van der Waals surface area contributed by atoms with Crippen molar-refractivity contribution in [3.05, 3.63) is 53.6 Å². The molecule has 2 aliphatic heterocycles. The number of hydrogen-bond donors (Lipinski definition) is 1. The van der Waals surface area contributed by atoms with Gasteiger partial charge >= 0.3 is 6.09 Å². The second-order valence-electron chi connectivity index (χ2n) is 15.7. The molecular formula is C39H52N4O7. The summed E-state index contributed by atoms with van der Waals surface area (Å²) in [6.45, 7) is 10.4. The lowest BCUT2D eigenvalue weighted by atomic mass is 9.85. The van der Waals surface area contributed by atoms with Crippen LogP contribution in [0.5, 0.6) is 5.75 Å². The van der Waals surface area contributed by atoms with Crippen molar-refractivity contribution >= 4 is 35.1 Å². The number of carbonyl (C=O) groups is 4. The molecule has 1 saturated carbocycles. The number of Topliss-reactive ketones (excluding diaryl/α,β-unsaturated/α-hetero) is 1. The van der Waals surface area contributed by atoms with E-state index in [9.17, 15) is 19.2 Å². The number of amides is 3. The van der Waals surface area contributed by atoms with Crippen LogP contribution < -0.4 is 19.9 Å². The second kappa shape index (κ2) is 14.3. The SMILES string of the molecule is COCCCN1C(=O)C(C)(C)Oc2ccc(N(C(=O)[C@@H]3C[C@H](C(=O)CN[C@H]4CCc5ccccc54)CN(C(=O)OC(C)(C)C)C3)C3CC3)cc21. The first kappa shape index (κ1) is 35.9. The van der Waals surface area contributed by atoms with Gasteiger partial charge in [-0.2, -0.15) is 0 Å². The lowest BCUT2D eigenvalue weighted by Crippen LogP contribution is -2.53. The van der Waals surface area contributed by atoms with Gasteiger partial charge in [0, 0.05) is 57.0 Å². The molecule has 3 amide bonds. The Morgan fingerprint density at radius 2 is 1.78 bits per heavy atom. The van der Waals surface area contributed by atoms with Crippen molar-refractivity contribution in [2.45, 2.75) is 96.4 Å². The van der Waals surface area contributed by atoms with Crippen molar-refractivity contribution in [2.24, 2.45) is 11.8 Å². The maximum atomic E-state index is 14.6. The quantitative estimate of drug-likeness (QED) is 0.310. The monoisotopic (exact) mass is 688 g/mol. The molecule has 50 heavy (non-hydrogen) atoms. The van der Waals surface area contributed by atoms with E-state index in [1.165, 1.54) is 16.0 Å². The van der Waals surface area contributed by atoms with Gasteiger partial charge < -0.3 is 34.2 Å².